The number of rotatable bonds is 5. The number of nitrogens with two attached hydrogens (primary N) is 1. The van der Waals surface area contributed by atoms with E-state index >= 15 is 0 Å². The minimum Gasteiger partial charge on any atom is -0.452 e. The maximum absolute atomic E-state index is 9.66. The van der Waals surface area contributed by atoms with Crippen molar-refractivity contribution in [2.75, 3.05) is 12.3 Å². The summed E-state index contributed by atoms with van der Waals surface area (Å²) in [5.41, 5.74) is 9.19. The van der Waals surface area contributed by atoms with Gasteiger partial charge in [0.05, 0.1) is 25.5 Å². The summed E-state index contributed by atoms with van der Waals surface area (Å²) in [6.07, 6.45) is 7.87. The number of nitrogen functional groups attached to an aromatic ring is 1. The minimum absolute atomic E-state index is 0.197. The van der Waals surface area contributed by atoms with Gasteiger partial charge in [0.25, 0.3) is 0 Å². The summed E-state index contributed by atoms with van der Waals surface area (Å²) < 4.78 is 7.72. The summed E-state index contributed by atoms with van der Waals surface area (Å²) in [6, 6.07) is 9.88. The van der Waals surface area contributed by atoms with Crippen molar-refractivity contribution in [3.05, 3.63) is 61.3 Å². The first kappa shape index (κ1) is 18.3. The Balaban J connectivity index is 1.64. The van der Waals surface area contributed by atoms with Gasteiger partial charge >= 0.3 is 0 Å². The van der Waals surface area contributed by atoms with Crippen molar-refractivity contribution in [3.8, 4) is 22.5 Å². The Kier molecular flexibility index (Phi) is 4.42. The lowest BCUT2D eigenvalue weighted by atomic mass is 10.0. The van der Waals surface area contributed by atoms with Gasteiger partial charge < -0.3 is 20.4 Å². The Labute approximate surface area is 171 Å². The van der Waals surface area contributed by atoms with Crippen molar-refractivity contribution in [1.82, 2.24) is 19.7 Å². The molecular formula is C22H19N5O3. The molecule has 0 aliphatic carbocycles. The summed E-state index contributed by atoms with van der Waals surface area (Å²) in [6.45, 7) is -0.128. The van der Waals surface area contributed by atoms with Gasteiger partial charge in [0.1, 0.15) is 5.76 Å². The Morgan fingerprint density at radius 2 is 2.00 bits per heavy atom. The van der Waals surface area contributed by atoms with E-state index in [1.165, 1.54) is 0 Å². The predicted octanol–water partition coefficient (Wildman–Crippen LogP) is 2.84. The fourth-order valence-electron chi connectivity index (χ4n) is 3.62. The molecule has 0 saturated heterocycles. The second-order valence-electron chi connectivity index (χ2n) is 7.10. The largest absolute Gasteiger partial charge is 0.452 e. The van der Waals surface area contributed by atoms with E-state index in [2.05, 4.69) is 15.1 Å². The van der Waals surface area contributed by atoms with E-state index in [0.717, 1.165) is 32.8 Å². The van der Waals surface area contributed by atoms with Gasteiger partial charge in [0, 0.05) is 52.3 Å². The van der Waals surface area contributed by atoms with Crippen LogP contribution in [0, 0.1) is 0 Å². The lowest BCUT2D eigenvalue weighted by Gasteiger charge is -2.06. The summed E-state index contributed by atoms with van der Waals surface area (Å²) in [5.74, 6) is 0.996. The van der Waals surface area contributed by atoms with E-state index in [0.29, 0.717) is 17.2 Å². The number of pyridine rings is 2. The fourth-order valence-corrected chi connectivity index (χ4v) is 3.62. The van der Waals surface area contributed by atoms with Crippen LogP contribution in [0.4, 0.5) is 5.82 Å². The van der Waals surface area contributed by atoms with Crippen LogP contribution >= 0.6 is 0 Å². The van der Waals surface area contributed by atoms with E-state index in [9.17, 15) is 5.11 Å². The zero-order valence-corrected chi connectivity index (χ0v) is 15.9. The molecule has 1 unspecified atom stereocenters. The lowest BCUT2D eigenvalue weighted by molar-refractivity contribution is 0.0783. The molecule has 0 spiro atoms. The van der Waals surface area contributed by atoms with E-state index in [4.69, 9.17) is 15.3 Å². The molecule has 4 heterocycles. The number of hydrogen-bond acceptors (Lipinski definition) is 7. The van der Waals surface area contributed by atoms with Crippen molar-refractivity contribution in [1.29, 1.82) is 0 Å². The molecule has 0 radical (unpaired) electrons. The molecule has 1 aromatic carbocycles. The molecule has 1 atom stereocenters. The summed E-state index contributed by atoms with van der Waals surface area (Å²) >= 11 is 0. The molecule has 8 nitrogen and oxygen atoms in total. The van der Waals surface area contributed by atoms with E-state index in [1.807, 2.05) is 36.5 Å². The maximum atomic E-state index is 9.66. The van der Waals surface area contributed by atoms with Crippen molar-refractivity contribution in [2.45, 2.75) is 12.6 Å². The second-order valence-corrected chi connectivity index (χ2v) is 7.10. The van der Waals surface area contributed by atoms with Gasteiger partial charge in [-0.15, -0.1) is 0 Å². The van der Waals surface area contributed by atoms with Gasteiger partial charge in [-0.3, -0.25) is 9.67 Å². The topological polar surface area (TPSA) is 123 Å². The van der Waals surface area contributed by atoms with Crippen LogP contribution in [-0.2, 0) is 6.54 Å². The van der Waals surface area contributed by atoms with Crippen LogP contribution in [0.5, 0.6) is 0 Å². The number of furan rings is 1. The van der Waals surface area contributed by atoms with Crippen LogP contribution in [0.25, 0.3) is 44.2 Å². The minimum atomic E-state index is -0.872. The Bertz CT molecular complexity index is 1350. The highest BCUT2D eigenvalue weighted by molar-refractivity contribution is 6.03. The monoisotopic (exact) mass is 401 g/mol. The molecule has 0 bridgehead atoms. The SMILES string of the molecule is Nc1ncc(-c2cnn(CC(O)CO)c2)c2cc(-c3cccc4cnccc34)oc12. The molecule has 4 N–H and O–H groups in total. The summed E-state index contributed by atoms with van der Waals surface area (Å²) in [7, 11) is 0. The quantitative estimate of drug-likeness (QED) is 0.414. The second kappa shape index (κ2) is 7.25. The first-order valence-electron chi connectivity index (χ1n) is 9.47. The third-order valence-corrected chi connectivity index (χ3v) is 5.09. The average molecular weight is 401 g/mol. The summed E-state index contributed by atoms with van der Waals surface area (Å²) in [4.78, 5) is 8.47. The predicted molar refractivity (Wildman–Crippen MR) is 113 cm³/mol. The molecule has 150 valence electrons. The Morgan fingerprint density at radius 1 is 1.10 bits per heavy atom. The molecule has 30 heavy (non-hydrogen) atoms. The number of nitrogens with zero attached hydrogens (tertiary/aromatic N) is 4. The molecule has 0 aliphatic rings. The van der Waals surface area contributed by atoms with Gasteiger partial charge in [-0.2, -0.15) is 5.10 Å². The van der Waals surface area contributed by atoms with Gasteiger partial charge in [0.2, 0.25) is 0 Å². The normalized spacial score (nSPS) is 12.6. The molecule has 8 heteroatoms. The number of aromatic nitrogens is 4. The highest BCUT2D eigenvalue weighted by Gasteiger charge is 2.17. The number of aliphatic hydroxyl groups excluding tert-OH is 2. The van der Waals surface area contributed by atoms with Crippen molar-refractivity contribution in [3.63, 3.8) is 0 Å². The van der Waals surface area contributed by atoms with E-state index < -0.39 is 6.10 Å². The molecule has 0 fully saturated rings. The Hall–Kier alpha value is -3.75. The van der Waals surface area contributed by atoms with Crippen molar-refractivity contribution < 1.29 is 14.6 Å². The van der Waals surface area contributed by atoms with Gasteiger partial charge in [-0.05, 0) is 17.5 Å². The molecule has 4 aromatic heterocycles. The molecular weight excluding hydrogens is 382 g/mol. The Morgan fingerprint density at radius 3 is 2.87 bits per heavy atom. The van der Waals surface area contributed by atoms with E-state index in [-0.39, 0.29) is 13.2 Å². The third kappa shape index (κ3) is 3.08. The van der Waals surface area contributed by atoms with Crippen molar-refractivity contribution in [2.24, 2.45) is 0 Å². The number of hydrogen-bond donors (Lipinski definition) is 3. The number of aliphatic hydroxyl groups is 2. The number of fused-ring (bicyclic) bond motifs is 2. The molecule has 0 saturated carbocycles. The van der Waals surface area contributed by atoms with Gasteiger partial charge in [-0.25, -0.2) is 4.98 Å². The summed E-state index contributed by atoms with van der Waals surface area (Å²) in [5, 5.41) is 25.8. The maximum Gasteiger partial charge on any atom is 0.177 e. The molecule has 5 rings (SSSR count). The number of anilines is 1. The first-order chi connectivity index (χ1) is 14.6. The van der Waals surface area contributed by atoms with Crippen molar-refractivity contribution >= 4 is 27.6 Å². The van der Waals surface area contributed by atoms with Gasteiger partial charge in [0.15, 0.2) is 11.4 Å². The van der Waals surface area contributed by atoms with Gasteiger partial charge in [-0.1, -0.05) is 18.2 Å². The molecule has 0 aliphatic heterocycles. The fraction of sp³-hybridized carbons (Fsp3) is 0.136. The van der Waals surface area contributed by atoms with Crippen LogP contribution in [0.3, 0.4) is 0 Å². The molecule has 5 aromatic rings. The smallest absolute Gasteiger partial charge is 0.177 e. The zero-order chi connectivity index (χ0) is 20.7. The van der Waals surface area contributed by atoms with Crippen LogP contribution in [-0.4, -0.2) is 42.7 Å². The van der Waals surface area contributed by atoms with Crippen LogP contribution in [0.2, 0.25) is 0 Å². The van der Waals surface area contributed by atoms with Crippen LogP contribution in [0.1, 0.15) is 0 Å². The zero-order valence-electron chi connectivity index (χ0n) is 15.9. The van der Waals surface area contributed by atoms with Crippen LogP contribution in [0.15, 0.2) is 65.7 Å². The highest BCUT2D eigenvalue weighted by atomic mass is 16.3. The first-order valence-corrected chi connectivity index (χ1v) is 9.47. The third-order valence-electron chi connectivity index (χ3n) is 5.09. The number of benzene rings is 1. The average Bonchev–Trinajstić information content (AvgIpc) is 3.41. The molecule has 0 amide bonds. The lowest BCUT2D eigenvalue weighted by Crippen LogP contribution is -2.19. The standard InChI is InChI=1S/C22H19N5O3/c23-22-21-18(19(9-25-22)14-8-26-27(10-14)11-15(29)12-28)6-20(30-21)17-3-1-2-13-7-24-5-4-16(13)17/h1-10,15,28-29H,11-12H2,(H2,23,25). The van der Waals surface area contributed by atoms with E-state index in [1.54, 1.807) is 29.5 Å². The highest BCUT2D eigenvalue weighted by Crippen LogP contribution is 2.38. The van der Waals surface area contributed by atoms with Crippen LogP contribution < -0.4 is 5.73 Å².